The quantitative estimate of drug-likeness (QED) is 0.711. The molecule has 2 nitrogen and oxygen atoms in total. The van der Waals surface area contributed by atoms with Crippen molar-refractivity contribution in [3.05, 3.63) is 0 Å². The van der Waals surface area contributed by atoms with Crippen molar-refractivity contribution in [1.29, 1.82) is 0 Å². The van der Waals surface area contributed by atoms with E-state index in [1.807, 2.05) is 0 Å². The Bertz CT molecular complexity index is 211. The minimum absolute atomic E-state index is 0.819. The Kier molecular flexibility index (Phi) is 6.50. The lowest BCUT2D eigenvalue weighted by Crippen LogP contribution is -2.42. The predicted octanol–water partition coefficient (Wildman–Crippen LogP) is 3.45. The Morgan fingerprint density at radius 1 is 0.833 bits per heavy atom. The molecule has 0 radical (unpaired) electrons. The minimum atomic E-state index is 0.819. The third-order valence-electron chi connectivity index (χ3n) is 5.11. The number of hydrogen-bond acceptors (Lipinski definition) is 2. The van der Waals surface area contributed by atoms with E-state index < -0.39 is 0 Å². The summed E-state index contributed by atoms with van der Waals surface area (Å²) in [5.74, 6) is 2.02. The van der Waals surface area contributed by atoms with E-state index in [9.17, 15) is 0 Å². The van der Waals surface area contributed by atoms with Crippen molar-refractivity contribution < 1.29 is 0 Å². The highest BCUT2D eigenvalue weighted by Crippen LogP contribution is 2.38. The summed E-state index contributed by atoms with van der Waals surface area (Å²) in [4.78, 5) is 0. The molecule has 0 amide bonds. The fraction of sp³-hybridized carbons (Fsp3) is 1.00. The third kappa shape index (κ3) is 4.24. The molecule has 2 rings (SSSR count). The van der Waals surface area contributed by atoms with Gasteiger partial charge in [-0.15, -0.1) is 0 Å². The zero-order valence-corrected chi connectivity index (χ0v) is 12.0. The number of nitrogens with two attached hydrogens (primary N) is 1. The smallest absolute Gasteiger partial charge is 0.00979 e. The van der Waals surface area contributed by atoms with Crippen LogP contribution in [0.1, 0.15) is 70.6 Å². The largest absolute Gasteiger partial charge is 0.330 e. The summed E-state index contributed by atoms with van der Waals surface area (Å²) < 4.78 is 0. The molecule has 2 aliphatic carbocycles. The molecule has 106 valence electrons. The van der Waals surface area contributed by atoms with E-state index in [0.29, 0.717) is 0 Å². The van der Waals surface area contributed by atoms with E-state index in [1.54, 1.807) is 0 Å². The molecule has 2 atom stereocenters. The standard InChI is InChI=1S/C16H32N2/c17-12-6-7-13-18-16-11-5-4-10-15(16)14-8-2-1-3-9-14/h14-16,18H,1-13,17H2. The maximum Gasteiger partial charge on any atom is 0.00979 e. The second-order valence-corrected chi connectivity index (χ2v) is 6.40. The molecule has 3 N–H and O–H groups in total. The molecule has 0 spiro atoms. The summed E-state index contributed by atoms with van der Waals surface area (Å²) in [5.41, 5.74) is 5.56. The molecule has 0 aliphatic heterocycles. The fourth-order valence-corrected chi connectivity index (χ4v) is 4.10. The van der Waals surface area contributed by atoms with Gasteiger partial charge in [0.1, 0.15) is 0 Å². The molecule has 2 unspecified atom stereocenters. The van der Waals surface area contributed by atoms with Crippen molar-refractivity contribution >= 4 is 0 Å². The summed E-state index contributed by atoms with van der Waals surface area (Å²) >= 11 is 0. The van der Waals surface area contributed by atoms with Gasteiger partial charge in [-0.25, -0.2) is 0 Å². The van der Waals surface area contributed by atoms with Crippen LogP contribution in [0.15, 0.2) is 0 Å². The normalized spacial score (nSPS) is 30.5. The topological polar surface area (TPSA) is 38.0 Å². The molecule has 0 heterocycles. The van der Waals surface area contributed by atoms with Gasteiger partial charge in [-0.1, -0.05) is 44.9 Å². The van der Waals surface area contributed by atoms with Crippen molar-refractivity contribution in [2.75, 3.05) is 13.1 Å². The van der Waals surface area contributed by atoms with Crippen molar-refractivity contribution in [3.8, 4) is 0 Å². The molecule has 0 saturated heterocycles. The van der Waals surface area contributed by atoms with Gasteiger partial charge in [-0.2, -0.15) is 0 Å². The zero-order chi connectivity index (χ0) is 12.6. The number of hydrogen-bond donors (Lipinski definition) is 2. The van der Waals surface area contributed by atoms with Crippen LogP contribution in [0.3, 0.4) is 0 Å². The van der Waals surface area contributed by atoms with E-state index in [1.165, 1.54) is 77.2 Å². The predicted molar refractivity (Wildman–Crippen MR) is 78.6 cm³/mol. The van der Waals surface area contributed by atoms with Gasteiger partial charge in [0.05, 0.1) is 0 Å². The second-order valence-electron chi connectivity index (χ2n) is 6.40. The van der Waals surface area contributed by atoms with E-state index >= 15 is 0 Å². The van der Waals surface area contributed by atoms with Crippen molar-refractivity contribution in [2.45, 2.75) is 76.7 Å². The Labute approximate surface area is 113 Å². The van der Waals surface area contributed by atoms with Crippen LogP contribution in [0, 0.1) is 11.8 Å². The van der Waals surface area contributed by atoms with E-state index in [0.717, 1.165) is 24.4 Å². The first-order valence-electron chi connectivity index (χ1n) is 8.35. The van der Waals surface area contributed by atoms with Gasteiger partial charge in [-0.3, -0.25) is 0 Å². The first kappa shape index (κ1) is 14.3. The van der Waals surface area contributed by atoms with Crippen LogP contribution in [-0.4, -0.2) is 19.1 Å². The molecule has 0 aromatic heterocycles. The van der Waals surface area contributed by atoms with Gasteiger partial charge in [-0.05, 0) is 50.6 Å². The zero-order valence-electron chi connectivity index (χ0n) is 12.0. The lowest BCUT2D eigenvalue weighted by Gasteiger charge is -2.39. The molecular formula is C16H32N2. The summed E-state index contributed by atoms with van der Waals surface area (Å²) in [6.45, 7) is 2.03. The van der Waals surface area contributed by atoms with Gasteiger partial charge in [0.15, 0.2) is 0 Å². The first-order chi connectivity index (χ1) is 8.92. The number of unbranched alkanes of at least 4 members (excludes halogenated alkanes) is 1. The second kappa shape index (κ2) is 8.16. The van der Waals surface area contributed by atoms with E-state index in [-0.39, 0.29) is 0 Å². The molecule has 2 aliphatic rings. The summed E-state index contributed by atoms with van der Waals surface area (Å²) in [6.07, 6.45) is 15.7. The first-order valence-corrected chi connectivity index (χ1v) is 8.35. The van der Waals surface area contributed by atoms with Crippen molar-refractivity contribution in [1.82, 2.24) is 5.32 Å². The van der Waals surface area contributed by atoms with Crippen LogP contribution in [0.25, 0.3) is 0 Å². The third-order valence-corrected chi connectivity index (χ3v) is 5.11. The van der Waals surface area contributed by atoms with Gasteiger partial charge in [0, 0.05) is 6.04 Å². The Balaban J connectivity index is 1.77. The Morgan fingerprint density at radius 2 is 1.56 bits per heavy atom. The lowest BCUT2D eigenvalue weighted by atomic mass is 9.71. The van der Waals surface area contributed by atoms with Crippen molar-refractivity contribution in [2.24, 2.45) is 17.6 Å². The molecule has 0 bridgehead atoms. The molecule has 2 saturated carbocycles. The van der Waals surface area contributed by atoms with E-state index in [4.69, 9.17) is 5.73 Å². The van der Waals surface area contributed by atoms with Crippen LogP contribution >= 0.6 is 0 Å². The summed E-state index contributed by atoms with van der Waals surface area (Å²) in [7, 11) is 0. The van der Waals surface area contributed by atoms with Gasteiger partial charge in [0.25, 0.3) is 0 Å². The Hall–Kier alpha value is -0.0800. The van der Waals surface area contributed by atoms with Gasteiger partial charge >= 0.3 is 0 Å². The molecular weight excluding hydrogens is 220 g/mol. The average molecular weight is 252 g/mol. The van der Waals surface area contributed by atoms with Crippen LogP contribution in [0.2, 0.25) is 0 Å². The fourth-order valence-electron chi connectivity index (χ4n) is 4.10. The molecule has 2 heteroatoms. The van der Waals surface area contributed by atoms with E-state index in [2.05, 4.69) is 5.32 Å². The highest BCUT2D eigenvalue weighted by Gasteiger charge is 2.31. The number of nitrogens with one attached hydrogen (secondary N) is 1. The lowest BCUT2D eigenvalue weighted by molar-refractivity contribution is 0.150. The minimum Gasteiger partial charge on any atom is -0.330 e. The van der Waals surface area contributed by atoms with Gasteiger partial charge in [0.2, 0.25) is 0 Å². The summed E-state index contributed by atoms with van der Waals surface area (Å²) in [5, 5.41) is 3.85. The van der Waals surface area contributed by atoms with Crippen molar-refractivity contribution in [3.63, 3.8) is 0 Å². The summed E-state index contributed by atoms with van der Waals surface area (Å²) in [6, 6.07) is 0.819. The maximum atomic E-state index is 5.56. The molecule has 2 fully saturated rings. The highest BCUT2D eigenvalue weighted by molar-refractivity contribution is 4.86. The molecule has 0 aromatic carbocycles. The van der Waals surface area contributed by atoms with Gasteiger partial charge < -0.3 is 11.1 Å². The highest BCUT2D eigenvalue weighted by atomic mass is 14.9. The van der Waals surface area contributed by atoms with Crippen LogP contribution in [0.5, 0.6) is 0 Å². The van der Waals surface area contributed by atoms with Crippen LogP contribution < -0.4 is 11.1 Å². The number of rotatable bonds is 6. The monoisotopic (exact) mass is 252 g/mol. The Morgan fingerprint density at radius 3 is 2.33 bits per heavy atom. The van der Waals surface area contributed by atoms with Crippen LogP contribution in [-0.2, 0) is 0 Å². The SMILES string of the molecule is NCCCCNC1CCCCC1C1CCCCC1. The molecule has 18 heavy (non-hydrogen) atoms. The average Bonchev–Trinajstić information content (AvgIpc) is 2.45. The molecule has 0 aromatic rings. The maximum absolute atomic E-state index is 5.56. The van der Waals surface area contributed by atoms with Crippen LogP contribution in [0.4, 0.5) is 0 Å².